The smallest absolute Gasteiger partial charge is 0.274 e. The molecule has 0 spiro atoms. The quantitative estimate of drug-likeness (QED) is 0.934. The second-order valence-corrected chi connectivity index (χ2v) is 6.55. The van der Waals surface area contributed by atoms with Gasteiger partial charge in [0.25, 0.3) is 11.5 Å². The average molecular weight is 329 g/mol. The largest absolute Gasteiger partial charge is 0.376 e. The normalized spacial score (nSPS) is 18.9. The lowest BCUT2D eigenvalue weighted by atomic mass is 10.1. The van der Waals surface area contributed by atoms with Gasteiger partial charge >= 0.3 is 0 Å². The van der Waals surface area contributed by atoms with Crippen LogP contribution in [0.5, 0.6) is 0 Å². The first-order chi connectivity index (χ1) is 11.5. The topological polar surface area (TPSA) is 73.2 Å². The Morgan fingerprint density at radius 3 is 2.62 bits per heavy atom. The molecule has 1 fully saturated rings. The Hall–Kier alpha value is -2.21. The van der Waals surface area contributed by atoms with Crippen molar-refractivity contribution in [2.75, 3.05) is 6.61 Å². The first-order valence-corrected chi connectivity index (χ1v) is 8.43. The first-order valence-electron chi connectivity index (χ1n) is 8.43. The Balaban J connectivity index is 1.99. The van der Waals surface area contributed by atoms with Gasteiger partial charge in [0, 0.05) is 12.0 Å². The van der Waals surface area contributed by atoms with Crippen molar-refractivity contribution in [2.45, 2.75) is 51.8 Å². The van der Waals surface area contributed by atoms with E-state index in [9.17, 15) is 9.59 Å². The summed E-state index contributed by atoms with van der Waals surface area (Å²) < 4.78 is 7.00. The Kier molecular flexibility index (Phi) is 4.66. The summed E-state index contributed by atoms with van der Waals surface area (Å²) in [4.78, 5) is 25.3. The summed E-state index contributed by atoms with van der Waals surface area (Å²) in [5.74, 6) is -0.274. The zero-order chi connectivity index (χ0) is 17.3. The van der Waals surface area contributed by atoms with Crippen LogP contribution in [0.4, 0.5) is 0 Å². The molecule has 24 heavy (non-hydrogen) atoms. The number of carbonyl (C=O) groups is 1. The van der Waals surface area contributed by atoms with Gasteiger partial charge in [0.05, 0.1) is 23.6 Å². The fourth-order valence-electron chi connectivity index (χ4n) is 3.09. The van der Waals surface area contributed by atoms with Crippen LogP contribution < -0.4 is 10.9 Å². The molecule has 0 bridgehead atoms. The molecule has 1 aromatic carbocycles. The third-order valence-electron chi connectivity index (χ3n) is 4.41. The summed E-state index contributed by atoms with van der Waals surface area (Å²) >= 11 is 0. The van der Waals surface area contributed by atoms with Crippen LogP contribution in [-0.4, -0.2) is 34.4 Å². The lowest BCUT2D eigenvalue weighted by Crippen LogP contribution is -2.42. The summed E-state index contributed by atoms with van der Waals surface area (Å²) in [6, 6.07) is 6.89. The minimum atomic E-state index is -0.274. The number of amides is 1. The predicted molar refractivity (Wildman–Crippen MR) is 92.3 cm³/mol. The molecule has 0 radical (unpaired) electrons. The third kappa shape index (κ3) is 3.06. The van der Waals surface area contributed by atoms with E-state index < -0.39 is 0 Å². The molecule has 3 rings (SSSR count). The molecule has 1 aliphatic heterocycles. The Morgan fingerprint density at radius 1 is 1.29 bits per heavy atom. The number of fused-ring (bicyclic) bond motifs is 1. The van der Waals surface area contributed by atoms with Gasteiger partial charge in [-0.1, -0.05) is 18.2 Å². The number of ether oxygens (including phenoxy) is 1. The van der Waals surface area contributed by atoms with Gasteiger partial charge < -0.3 is 10.1 Å². The average Bonchev–Trinajstić information content (AvgIpc) is 3.09. The molecule has 1 aliphatic rings. The molecule has 2 unspecified atom stereocenters. The monoisotopic (exact) mass is 329 g/mol. The van der Waals surface area contributed by atoms with Crippen molar-refractivity contribution in [2.24, 2.45) is 0 Å². The summed E-state index contributed by atoms with van der Waals surface area (Å²) in [5.41, 5.74) is 0.105. The van der Waals surface area contributed by atoms with Crippen LogP contribution in [0.25, 0.3) is 10.8 Å². The number of nitrogens with one attached hydrogen (secondary N) is 1. The van der Waals surface area contributed by atoms with E-state index in [1.54, 1.807) is 18.2 Å². The highest BCUT2D eigenvalue weighted by Gasteiger charge is 2.26. The standard InChI is InChI=1S/C18H23N3O3/c1-11(2)21-18(23)14-8-5-4-7-13(14)16(20-21)17(22)19-12(3)15-9-6-10-24-15/h4-5,7-8,11-12,15H,6,9-10H2,1-3H3,(H,19,22). The third-order valence-corrected chi connectivity index (χ3v) is 4.41. The van der Waals surface area contributed by atoms with Gasteiger partial charge in [0.1, 0.15) is 0 Å². The summed E-state index contributed by atoms with van der Waals surface area (Å²) in [7, 11) is 0. The maximum Gasteiger partial charge on any atom is 0.274 e. The van der Waals surface area contributed by atoms with Crippen molar-refractivity contribution < 1.29 is 9.53 Å². The number of rotatable bonds is 4. The van der Waals surface area contributed by atoms with Gasteiger partial charge in [-0.2, -0.15) is 5.10 Å². The second kappa shape index (κ2) is 6.73. The second-order valence-electron chi connectivity index (χ2n) is 6.55. The molecule has 1 saturated heterocycles. The molecule has 0 saturated carbocycles. The highest BCUT2D eigenvalue weighted by molar-refractivity contribution is 6.04. The molecule has 6 nitrogen and oxygen atoms in total. The SMILES string of the molecule is CC(NC(=O)c1nn(C(C)C)c(=O)c2ccccc12)C1CCCO1. The van der Waals surface area contributed by atoms with E-state index in [0.717, 1.165) is 19.4 Å². The van der Waals surface area contributed by atoms with Crippen molar-refractivity contribution >= 4 is 16.7 Å². The van der Waals surface area contributed by atoms with Gasteiger partial charge in [-0.05, 0) is 39.7 Å². The fourth-order valence-corrected chi connectivity index (χ4v) is 3.09. The van der Waals surface area contributed by atoms with E-state index in [-0.39, 0.29) is 35.3 Å². The predicted octanol–water partition coefficient (Wildman–Crippen LogP) is 2.27. The van der Waals surface area contributed by atoms with Crippen molar-refractivity contribution in [1.82, 2.24) is 15.1 Å². The maximum absolute atomic E-state index is 12.8. The van der Waals surface area contributed by atoms with E-state index in [4.69, 9.17) is 4.74 Å². The number of nitrogens with zero attached hydrogens (tertiary/aromatic N) is 2. The lowest BCUT2D eigenvalue weighted by Gasteiger charge is -2.20. The molecule has 6 heteroatoms. The molecule has 1 aromatic heterocycles. The van der Waals surface area contributed by atoms with Crippen LogP contribution in [0.3, 0.4) is 0 Å². The molecule has 2 heterocycles. The van der Waals surface area contributed by atoms with Crippen LogP contribution in [0, 0.1) is 0 Å². The van der Waals surface area contributed by atoms with Crippen molar-refractivity contribution in [3.63, 3.8) is 0 Å². The molecule has 1 amide bonds. The van der Waals surface area contributed by atoms with Gasteiger partial charge in [0.15, 0.2) is 5.69 Å². The van der Waals surface area contributed by atoms with E-state index >= 15 is 0 Å². The molecule has 0 aliphatic carbocycles. The summed E-state index contributed by atoms with van der Waals surface area (Å²) in [6.45, 7) is 6.43. The number of hydrogen-bond acceptors (Lipinski definition) is 4. The fraction of sp³-hybridized carbons (Fsp3) is 0.500. The maximum atomic E-state index is 12.8. The Labute approximate surface area is 140 Å². The summed E-state index contributed by atoms with van der Waals surface area (Å²) in [6.07, 6.45) is 2.00. The van der Waals surface area contributed by atoms with E-state index in [1.807, 2.05) is 26.8 Å². The van der Waals surface area contributed by atoms with Crippen LogP contribution >= 0.6 is 0 Å². The van der Waals surface area contributed by atoms with Gasteiger partial charge in [-0.15, -0.1) is 0 Å². The molecule has 2 atom stereocenters. The minimum absolute atomic E-state index is 0.0382. The Morgan fingerprint density at radius 2 is 2.00 bits per heavy atom. The van der Waals surface area contributed by atoms with Crippen molar-refractivity contribution in [3.8, 4) is 0 Å². The molecular formula is C18H23N3O3. The van der Waals surface area contributed by atoms with E-state index in [0.29, 0.717) is 10.8 Å². The molecule has 1 N–H and O–H groups in total. The molecule has 2 aromatic rings. The van der Waals surface area contributed by atoms with E-state index in [1.165, 1.54) is 4.68 Å². The van der Waals surface area contributed by atoms with E-state index in [2.05, 4.69) is 10.4 Å². The van der Waals surface area contributed by atoms with Gasteiger partial charge in [-0.3, -0.25) is 9.59 Å². The highest BCUT2D eigenvalue weighted by atomic mass is 16.5. The Bertz CT molecular complexity index is 807. The number of carbonyl (C=O) groups excluding carboxylic acids is 1. The zero-order valence-corrected chi connectivity index (χ0v) is 14.3. The highest BCUT2D eigenvalue weighted by Crippen LogP contribution is 2.18. The van der Waals surface area contributed by atoms with Crippen LogP contribution in [0.1, 0.15) is 50.1 Å². The molecular weight excluding hydrogens is 306 g/mol. The number of hydrogen-bond donors (Lipinski definition) is 1. The van der Waals surface area contributed by atoms with Crippen molar-refractivity contribution in [3.05, 3.63) is 40.3 Å². The minimum Gasteiger partial charge on any atom is -0.376 e. The first kappa shape index (κ1) is 16.6. The summed E-state index contributed by atoms with van der Waals surface area (Å²) in [5, 5.41) is 8.40. The van der Waals surface area contributed by atoms with Crippen LogP contribution in [0.2, 0.25) is 0 Å². The van der Waals surface area contributed by atoms with Crippen LogP contribution in [0.15, 0.2) is 29.1 Å². The molecule has 128 valence electrons. The lowest BCUT2D eigenvalue weighted by molar-refractivity contribution is 0.0709. The number of benzene rings is 1. The van der Waals surface area contributed by atoms with Crippen LogP contribution in [-0.2, 0) is 4.74 Å². The van der Waals surface area contributed by atoms with Gasteiger partial charge in [0.2, 0.25) is 0 Å². The number of aromatic nitrogens is 2. The van der Waals surface area contributed by atoms with Crippen molar-refractivity contribution in [1.29, 1.82) is 0 Å². The zero-order valence-electron chi connectivity index (χ0n) is 14.3. The van der Waals surface area contributed by atoms with Gasteiger partial charge in [-0.25, -0.2) is 4.68 Å².